The second-order valence-corrected chi connectivity index (χ2v) is 10.3. The van der Waals surface area contributed by atoms with Gasteiger partial charge in [0, 0.05) is 67.7 Å². The van der Waals surface area contributed by atoms with Gasteiger partial charge in [-0.3, -0.25) is 14.6 Å². The molecule has 0 radical (unpaired) electrons. The quantitative estimate of drug-likeness (QED) is 0.190. The number of hydrogen-bond acceptors (Lipinski definition) is 9. The minimum absolute atomic E-state index is 0.239. The van der Waals surface area contributed by atoms with E-state index in [2.05, 4.69) is 38.6 Å². The second kappa shape index (κ2) is 13.2. The van der Waals surface area contributed by atoms with Crippen molar-refractivity contribution < 1.29 is 32.3 Å². The number of aromatic nitrogens is 2. The van der Waals surface area contributed by atoms with Crippen molar-refractivity contribution in [3.63, 3.8) is 0 Å². The number of methoxy groups -OCH3 is 2. The molecule has 0 unspecified atom stereocenters. The van der Waals surface area contributed by atoms with Crippen molar-refractivity contribution in [1.29, 1.82) is 0 Å². The topological polar surface area (TPSA) is 110 Å². The van der Waals surface area contributed by atoms with Gasteiger partial charge in [-0.25, -0.2) is 13.8 Å². The molecule has 1 N–H and O–H groups in total. The van der Waals surface area contributed by atoms with Gasteiger partial charge in [0.2, 0.25) is 11.7 Å². The summed E-state index contributed by atoms with van der Waals surface area (Å²) in [5.74, 6) is -3.91. The molecule has 12 heteroatoms. The van der Waals surface area contributed by atoms with Crippen LogP contribution in [0.25, 0.3) is 11.1 Å². The van der Waals surface area contributed by atoms with E-state index in [9.17, 15) is 18.4 Å². The van der Waals surface area contributed by atoms with E-state index in [4.69, 9.17) is 13.9 Å². The fraction of sp³-hybridized carbons (Fsp3) is 0.312. The Morgan fingerprint density at radius 3 is 2.41 bits per heavy atom. The number of anilines is 2. The third-order valence-corrected chi connectivity index (χ3v) is 7.67. The van der Waals surface area contributed by atoms with Crippen LogP contribution in [0.4, 0.5) is 20.2 Å². The average molecular weight is 606 g/mol. The number of nitrogens with one attached hydrogen (secondary N) is 1. The van der Waals surface area contributed by atoms with Gasteiger partial charge < -0.3 is 29.0 Å². The van der Waals surface area contributed by atoms with Gasteiger partial charge in [0.1, 0.15) is 5.52 Å². The van der Waals surface area contributed by atoms with Crippen molar-refractivity contribution in [3.05, 3.63) is 83.5 Å². The lowest BCUT2D eigenvalue weighted by molar-refractivity contribution is -0.111. The van der Waals surface area contributed by atoms with Gasteiger partial charge >= 0.3 is 0 Å². The number of carbonyl (C=O) groups is 2. The van der Waals surface area contributed by atoms with Crippen molar-refractivity contribution in [2.24, 2.45) is 0 Å². The lowest BCUT2D eigenvalue weighted by atomic mass is 10.0. The van der Waals surface area contributed by atoms with Crippen LogP contribution in [-0.4, -0.2) is 73.5 Å². The smallest absolute Gasteiger partial charge is 0.264 e. The molecule has 3 heterocycles. The second-order valence-electron chi connectivity index (χ2n) is 10.3. The summed E-state index contributed by atoms with van der Waals surface area (Å²) in [6.07, 6.45) is 2.34. The molecule has 0 atom stereocenters. The zero-order valence-corrected chi connectivity index (χ0v) is 24.8. The van der Waals surface area contributed by atoms with Gasteiger partial charge in [-0.05, 0) is 36.4 Å². The molecule has 2 aromatic heterocycles. The Labute approximate surface area is 253 Å². The molecule has 1 aliphatic rings. The van der Waals surface area contributed by atoms with Crippen LogP contribution in [-0.2, 0) is 17.6 Å². The number of Topliss-reactive ketones (excluding diaryl/α,β-unsaturated/α-hetero) is 1. The number of halogens is 2. The number of rotatable bonds is 11. The van der Waals surface area contributed by atoms with Crippen molar-refractivity contribution in [2.45, 2.75) is 19.8 Å². The Balaban J connectivity index is 1.38. The van der Waals surface area contributed by atoms with E-state index in [-0.39, 0.29) is 28.9 Å². The molecule has 4 aromatic rings. The van der Waals surface area contributed by atoms with Gasteiger partial charge in [-0.2, -0.15) is 0 Å². The molecule has 0 aliphatic carbocycles. The summed E-state index contributed by atoms with van der Waals surface area (Å²) in [4.78, 5) is 38.7. The monoisotopic (exact) mass is 605 g/mol. The molecule has 0 spiro atoms. The first-order chi connectivity index (χ1) is 21.2. The maximum Gasteiger partial charge on any atom is 0.264 e. The highest BCUT2D eigenvalue weighted by molar-refractivity contribution is 6.00. The Morgan fingerprint density at radius 2 is 1.77 bits per heavy atom. The van der Waals surface area contributed by atoms with Crippen molar-refractivity contribution >= 4 is 34.2 Å². The third kappa shape index (κ3) is 6.40. The van der Waals surface area contributed by atoms with Crippen molar-refractivity contribution in [2.75, 3.05) is 57.2 Å². The number of oxazole rings is 1. The van der Waals surface area contributed by atoms with Crippen LogP contribution in [0.5, 0.6) is 11.5 Å². The summed E-state index contributed by atoms with van der Waals surface area (Å²) in [6, 6.07) is 8.67. The Hall–Kier alpha value is -4.84. The molecule has 1 aliphatic heterocycles. The number of likely N-dealkylation sites (N-methyl/N-ethyl adjacent to an activating group) is 1. The van der Waals surface area contributed by atoms with E-state index in [0.717, 1.165) is 50.0 Å². The molecular formula is C32H33F2N5O5. The molecule has 44 heavy (non-hydrogen) atoms. The Bertz CT molecular complexity index is 1690. The molecule has 2 aromatic carbocycles. The van der Waals surface area contributed by atoms with Gasteiger partial charge in [-0.1, -0.05) is 19.6 Å². The van der Waals surface area contributed by atoms with Crippen LogP contribution in [0, 0.1) is 11.6 Å². The number of benzene rings is 2. The number of carbonyl (C=O) groups excluding carboxylic acids is 2. The molecule has 1 saturated heterocycles. The number of fused-ring (bicyclic) bond motifs is 1. The molecular weight excluding hydrogens is 572 g/mol. The Morgan fingerprint density at radius 1 is 1.07 bits per heavy atom. The number of ketones is 1. The zero-order chi connectivity index (χ0) is 31.4. The molecule has 10 nitrogen and oxygen atoms in total. The first kappa shape index (κ1) is 30.6. The predicted molar refractivity (Wildman–Crippen MR) is 162 cm³/mol. The minimum atomic E-state index is -1.01. The van der Waals surface area contributed by atoms with Gasteiger partial charge in [0.05, 0.1) is 20.4 Å². The summed E-state index contributed by atoms with van der Waals surface area (Å²) in [5.41, 5.74) is 3.15. The minimum Gasteiger partial charge on any atom is -0.494 e. The highest BCUT2D eigenvalue weighted by atomic mass is 19.1. The lowest BCUT2D eigenvalue weighted by Gasteiger charge is -2.35. The normalized spacial score (nSPS) is 13.6. The highest BCUT2D eigenvalue weighted by Crippen LogP contribution is 2.32. The van der Waals surface area contributed by atoms with Crippen LogP contribution in [0.1, 0.15) is 34.4 Å². The van der Waals surface area contributed by atoms with Crippen LogP contribution in [0.3, 0.4) is 0 Å². The molecule has 1 fully saturated rings. The van der Waals surface area contributed by atoms with E-state index in [1.807, 2.05) is 18.2 Å². The maximum absolute atomic E-state index is 14.8. The van der Waals surface area contributed by atoms with Gasteiger partial charge in [0.25, 0.3) is 5.89 Å². The summed E-state index contributed by atoms with van der Waals surface area (Å²) < 4.78 is 45.1. The molecule has 5 rings (SSSR count). The summed E-state index contributed by atoms with van der Waals surface area (Å²) in [6.45, 7) is 10.4. The number of pyridine rings is 1. The van der Waals surface area contributed by atoms with E-state index in [0.29, 0.717) is 23.3 Å². The summed E-state index contributed by atoms with van der Waals surface area (Å²) in [5, 5.41) is 2.90. The first-order valence-electron chi connectivity index (χ1n) is 14.2. The Kier molecular flexibility index (Phi) is 9.19. The number of nitrogens with zero attached hydrogens (tertiary/aromatic N) is 4. The van der Waals surface area contributed by atoms with Crippen LogP contribution in [0.2, 0.25) is 0 Å². The largest absolute Gasteiger partial charge is 0.494 e. The van der Waals surface area contributed by atoms with Crippen molar-refractivity contribution in [3.8, 4) is 11.5 Å². The lowest BCUT2D eigenvalue weighted by Crippen LogP contribution is -2.46. The number of hydrogen-bond donors (Lipinski definition) is 1. The fourth-order valence-corrected chi connectivity index (χ4v) is 5.15. The van der Waals surface area contributed by atoms with Gasteiger partial charge in [0.15, 0.2) is 28.7 Å². The number of ether oxygens (including phenoxy) is 2. The highest BCUT2D eigenvalue weighted by Gasteiger charge is 2.25. The SMILES string of the molecule is C=CC(=O)Nc1cc(N2CCN(CC)CC2)ccc1Cc1cc2nc(C(=O)Cc3c(F)c(OC)cc(OC)c3F)oc2cn1. The zero-order valence-electron chi connectivity index (χ0n) is 24.8. The fourth-order valence-electron chi connectivity index (χ4n) is 5.15. The van der Waals surface area contributed by atoms with Gasteiger partial charge in [-0.15, -0.1) is 0 Å². The summed E-state index contributed by atoms with van der Waals surface area (Å²) >= 11 is 0. The van der Waals surface area contributed by atoms with E-state index < -0.39 is 29.4 Å². The maximum atomic E-state index is 14.8. The number of piperazine rings is 1. The summed E-state index contributed by atoms with van der Waals surface area (Å²) in [7, 11) is 2.46. The molecule has 230 valence electrons. The van der Waals surface area contributed by atoms with Crippen LogP contribution < -0.4 is 19.7 Å². The number of amides is 1. The van der Waals surface area contributed by atoms with Crippen LogP contribution >= 0.6 is 0 Å². The van der Waals surface area contributed by atoms with Crippen LogP contribution in [0.15, 0.2) is 53.6 Å². The third-order valence-electron chi connectivity index (χ3n) is 7.67. The average Bonchev–Trinajstić information content (AvgIpc) is 3.47. The van der Waals surface area contributed by atoms with E-state index in [1.54, 1.807) is 6.07 Å². The molecule has 0 bridgehead atoms. The first-order valence-corrected chi connectivity index (χ1v) is 14.2. The molecule has 1 amide bonds. The van der Waals surface area contributed by atoms with E-state index >= 15 is 0 Å². The molecule has 0 saturated carbocycles. The standard InChI is InChI=1S/C32H33F2N5O5/c1-5-29(41)36-23-15-21(39-11-9-38(6-2)10-12-39)8-7-19(23)13-20-14-24-28(18-35-20)44-32(37-24)25(40)16-22-30(33)26(42-3)17-27(43-4)31(22)34/h5,7-8,14-15,17-18H,1,6,9-13,16H2,2-4H3,(H,36,41). The predicted octanol–water partition coefficient (Wildman–Crippen LogP) is 4.80. The van der Waals surface area contributed by atoms with E-state index in [1.165, 1.54) is 26.5 Å². The van der Waals surface area contributed by atoms with Crippen molar-refractivity contribution in [1.82, 2.24) is 14.9 Å².